The number of amides is 1. The Balaban J connectivity index is 2.22. The molecule has 1 amide bonds. The van der Waals surface area contributed by atoms with E-state index >= 15 is 0 Å². The summed E-state index contributed by atoms with van der Waals surface area (Å²) in [5, 5.41) is 12.1. The zero-order valence-electron chi connectivity index (χ0n) is 9.11. The van der Waals surface area contributed by atoms with Gasteiger partial charge in [-0.25, -0.2) is 0 Å². The first-order chi connectivity index (χ1) is 8.56. The molecule has 0 aliphatic heterocycles. The van der Waals surface area contributed by atoms with E-state index in [1.54, 1.807) is 12.1 Å². The molecule has 1 heterocycles. The van der Waals surface area contributed by atoms with Crippen molar-refractivity contribution in [2.24, 2.45) is 0 Å². The molecule has 0 atom stereocenters. The molecule has 1 aromatic carbocycles. The minimum absolute atomic E-state index is 0.0214. The van der Waals surface area contributed by atoms with Crippen LogP contribution in [0.3, 0.4) is 0 Å². The number of rotatable bonds is 2. The van der Waals surface area contributed by atoms with Crippen molar-refractivity contribution in [3.05, 3.63) is 56.0 Å². The molecule has 92 valence electrons. The lowest BCUT2D eigenvalue weighted by atomic mass is 10.2. The van der Waals surface area contributed by atoms with E-state index in [1.165, 1.54) is 6.20 Å². The molecule has 0 unspecified atom stereocenters. The van der Waals surface area contributed by atoms with Gasteiger partial charge in [0.15, 0.2) is 0 Å². The van der Waals surface area contributed by atoms with Crippen LogP contribution in [-0.2, 0) is 0 Å². The van der Waals surface area contributed by atoms with Gasteiger partial charge in [0.1, 0.15) is 5.75 Å². The van der Waals surface area contributed by atoms with Crippen LogP contribution in [0.25, 0.3) is 0 Å². The van der Waals surface area contributed by atoms with Gasteiger partial charge in [0, 0.05) is 21.5 Å². The number of hydrogen-bond acceptors (Lipinski definition) is 3. The van der Waals surface area contributed by atoms with Crippen LogP contribution in [0.1, 0.15) is 10.4 Å². The second kappa shape index (κ2) is 5.21. The Hall–Kier alpha value is -1.83. The van der Waals surface area contributed by atoms with Crippen LogP contribution in [-0.4, -0.2) is 16.0 Å². The number of aromatic nitrogens is 1. The topological polar surface area (TPSA) is 82.2 Å². The van der Waals surface area contributed by atoms with Crippen LogP contribution >= 0.6 is 22.6 Å². The number of H-pyrrole nitrogens is 1. The van der Waals surface area contributed by atoms with Gasteiger partial charge in [-0.3, -0.25) is 9.59 Å². The van der Waals surface area contributed by atoms with Crippen LogP contribution in [0, 0.1) is 3.57 Å². The number of aromatic amines is 1. The first-order valence-corrected chi connectivity index (χ1v) is 6.13. The first-order valence-electron chi connectivity index (χ1n) is 5.05. The molecular weight excluding hydrogens is 347 g/mol. The van der Waals surface area contributed by atoms with E-state index in [4.69, 9.17) is 0 Å². The summed E-state index contributed by atoms with van der Waals surface area (Å²) in [5.41, 5.74) is 0.178. The quantitative estimate of drug-likeness (QED) is 0.720. The number of carbonyl (C=O) groups is 1. The fourth-order valence-electron chi connectivity index (χ4n) is 1.37. The van der Waals surface area contributed by atoms with E-state index in [-0.39, 0.29) is 11.3 Å². The second-order valence-electron chi connectivity index (χ2n) is 3.56. The maximum absolute atomic E-state index is 11.8. The Bertz CT molecular complexity index is 635. The fraction of sp³-hybridized carbons (Fsp3) is 0. The monoisotopic (exact) mass is 356 g/mol. The van der Waals surface area contributed by atoms with Crippen molar-refractivity contribution in [3.8, 4) is 5.75 Å². The summed E-state index contributed by atoms with van der Waals surface area (Å²) < 4.78 is 1.05. The van der Waals surface area contributed by atoms with E-state index in [9.17, 15) is 14.7 Å². The molecule has 3 N–H and O–H groups in total. The molecule has 0 bridgehead atoms. The van der Waals surface area contributed by atoms with Crippen LogP contribution < -0.4 is 10.9 Å². The number of hydrogen-bond donors (Lipinski definition) is 3. The second-order valence-corrected chi connectivity index (χ2v) is 4.80. The predicted molar refractivity (Wildman–Crippen MR) is 75.8 cm³/mol. The highest BCUT2D eigenvalue weighted by Gasteiger charge is 2.11. The number of aromatic hydroxyl groups is 1. The van der Waals surface area contributed by atoms with E-state index in [2.05, 4.69) is 32.9 Å². The average Bonchev–Trinajstić information content (AvgIpc) is 2.32. The first kappa shape index (κ1) is 12.6. The van der Waals surface area contributed by atoms with Crippen molar-refractivity contribution in [1.29, 1.82) is 0 Å². The van der Waals surface area contributed by atoms with E-state index in [0.717, 1.165) is 9.64 Å². The largest absolute Gasteiger partial charge is 0.507 e. The molecular formula is C12H9IN2O3. The Morgan fingerprint density at radius 1 is 1.28 bits per heavy atom. The lowest BCUT2D eigenvalue weighted by Gasteiger charge is -2.06. The van der Waals surface area contributed by atoms with Crippen molar-refractivity contribution < 1.29 is 9.90 Å². The zero-order chi connectivity index (χ0) is 13.1. The van der Waals surface area contributed by atoms with Gasteiger partial charge in [0.05, 0.1) is 5.56 Å². The van der Waals surface area contributed by atoms with Crippen LogP contribution in [0.15, 0.2) is 41.3 Å². The smallest absolute Gasteiger partial charge is 0.260 e. The number of halogens is 1. The molecule has 0 saturated heterocycles. The van der Waals surface area contributed by atoms with Gasteiger partial charge in [0.2, 0.25) is 0 Å². The molecule has 2 rings (SSSR count). The summed E-state index contributed by atoms with van der Waals surface area (Å²) in [6.07, 6.45) is 1.18. The third kappa shape index (κ3) is 2.89. The minimum Gasteiger partial charge on any atom is -0.507 e. The highest BCUT2D eigenvalue weighted by Crippen LogP contribution is 2.16. The molecule has 18 heavy (non-hydrogen) atoms. The van der Waals surface area contributed by atoms with Crippen LogP contribution in [0.2, 0.25) is 0 Å². The van der Waals surface area contributed by atoms with E-state index in [0.29, 0.717) is 5.69 Å². The standard InChI is InChI=1S/C12H9IN2O3/c13-7-1-3-8(4-2-7)15-12(18)9-6-14-11(17)5-10(9)16/h1-6H,(H,15,18)(H2,14,16,17). The number of anilines is 1. The molecule has 2 aromatic rings. The Labute approximate surface area is 116 Å². The number of nitrogens with one attached hydrogen (secondary N) is 2. The summed E-state index contributed by atoms with van der Waals surface area (Å²) in [5.74, 6) is -0.827. The lowest BCUT2D eigenvalue weighted by molar-refractivity contribution is 0.102. The van der Waals surface area contributed by atoms with Crippen molar-refractivity contribution >= 4 is 34.2 Å². The van der Waals surface area contributed by atoms with Crippen molar-refractivity contribution in [2.45, 2.75) is 0 Å². The molecule has 1 aromatic heterocycles. The molecule has 0 spiro atoms. The number of carbonyl (C=O) groups excluding carboxylic acids is 1. The fourth-order valence-corrected chi connectivity index (χ4v) is 1.73. The van der Waals surface area contributed by atoms with Gasteiger partial charge in [0.25, 0.3) is 11.5 Å². The number of benzene rings is 1. The normalized spacial score (nSPS) is 10.1. The van der Waals surface area contributed by atoms with Crippen molar-refractivity contribution in [1.82, 2.24) is 4.98 Å². The maximum atomic E-state index is 11.8. The van der Waals surface area contributed by atoms with Gasteiger partial charge in [-0.05, 0) is 46.9 Å². The van der Waals surface area contributed by atoms with Crippen molar-refractivity contribution in [3.63, 3.8) is 0 Å². The molecule has 6 heteroatoms. The maximum Gasteiger partial charge on any atom is 0.260 e. The zero-order valence-corrected chi connectivity index (χ0v) is 11.3. The summed E-state index contributed by atoms with van der Waals surface area (Å²) in [6, 6.07) is 8.17. The molecule has 5 nitrogen and oxygen atoms in total. The molecule has 0 aliphatic rings. The van der Waals surface area contributed by atoms with Gasteiger partial charge < -0.3 is 15.4 Å². The summed E-state index contributed by atoms with van der Waals surface area (Å²) in [4.78, 5) is 25.1. The van der Waals surface area contributed by atoms with Gasteiger partial charge in [-0.15, -0.1) is 0 Å². The number of pyridine rings is 1. The van der Waals surface area contributed by atoms with Crippen LogP contribution in [0.5, 0.6) is 5.75 Å². The third-order valence-corrected chi connectivity index (χ3v) is 2.97. The highest BCUT2D eigenvalue weighted by atomic mass is 127. The SMILES string of the molecule is O=C(Nc1ccc(I)cc1)c1c[nH]c(=O)cc1O. The third-order valence-electron chi connectivity index (χ3n) is 2.25. The lowest BCUT2D eigenvalue weighted by Crippen LogP contribution is -2.15. The summed E-state index contributed by atoms with van der Waals surface area (Å²) in [6.45, 7) is 0. The highest BCUT2D eigenvalue weighted by molar-refractivity contribution is 14.1. The minimum atomic E-state index is -0.482. The van der Waals surface area contributed by atoms with Gasteiger partial charge in [-0.2, -0.15) is 0 Å². The Morgan fingerprint density at radius 2 is 1.94 bits per heavy atom. The van der Waals surface area contributed by atoms with Crippen LogP contribution in [0.4, 0.5) is 5.69 Å². The van der Waals surface area contributed by atoms with Crippen molar-refractivity contribution in [2.75, 3.05) is 5.32 Å². The molecule has 0 radical (unpaired) electrons. The molecule has 0 saturated carbocycles. The Morgan fingerprint density at radius 3 is 2.56 bits per heavy atom. The van der Waals surface area contributed by atoms with Gasteiger partial charge >= 0.3 is 0 Å². The van der Waals surface area contributed by atoms with Gasteiger partial charge in [-0.1, -0.05) is 0 Å². The molecule has 0 aliphatic carbocycles. The van der Waals surface area contributed by atoms with E-state index < -0.39 is 11.5 Å². The average molecular weight is 356 g/mol. The molecule has 0 fully saturated rings. The Kier molecular flexibility index (Phi) is 3.66. The summed E-state index contributed by atoms with van der Waals surface area (Å²) in [7, 11) is 0. The van der Waals surface area contributed by atoms with E-state index in [1.807, 2.05) is 12.1 Å². The predicted octanol–water partition coefficient (Wildman–Crippen LogP) is 1.94. The summed E-state index contributed by atoms with van der Waals surface area (Å²) >= 11 is 2.16.